The predicted molar refractivity (Wildman–Crippen MR) is 94.5 cm³/mol. The number of aliphatic imine (C=N–C) groups is 1. The fourth-order valence-corrected chi connectivity index (χ4v) is 2.46. The summed E-state index contributed by atoms with van der Waals surface area (Å²) in [7, 11) is 0. The van der Waals surface area contributed by atoms with Crippen LogP contribution in [-0.2, 0) is 0 Å². The third-order valence-corrected chi connectivity index (χ3v) is 4.32. The number of rotatable bonds is 7. The summed E-state index contributed by atoms with van der Waals surface area (Å²) in [6, 6.07) is 0. The molecule has 0 fully saturated rings. The van der Waals surface area contributed by atoms with Crippen molar-refractivity contribution in [1.82, 2.24) is 0 Å². The van der Waals surface area contributed by atoms with Crippen LogP contribution in [0.5, 0.6) is 0 Å². The normalized spacial score (nSPS) is 24.6. The Balaban J connectivity index is 2.97. The second kappa shape index (κ2) is 9.43. The molecule has 0 saturated heterocycles. The minimum Gasteiger partial charge on any atom is -0.397 e. The topological polar surface area (TPSA) is 38.4 Å². The highest BCUT2D eigenvalue weighted by atomic mass is 19.2. The summed E-state index contributed by atoms with van der Waals surface area (Å²) < 4.78 is 28.6. The molecule has 2 N–H and O–H groups in total. The molecule has 3 atom stereocenters. The molecule has 0 aromatic rings. The van der Waals surface area contributed by atoms with Crippen LogP contribution in [0.25, 0.3) is 0 Å². The van der Waals surface area contributed by atoms with Crippen LogP contribution >= 0.6 is 0 Å². The van der Waals surface area contributed by atoms with Crippen LogP contribution in [0.1, 0.15) is 47.0 Å². The highest BCUT2D eigenvalue weighted by molar-refractivity contribution is 5.86. The zero-order valence-electron chi connectivity index (χ0n) is 14.5. The smallest absolute Gasteiger partial charge is 0.158 e. The van der Waals surface area contributed by atoms with Crippen molar-refractivity contribution in [2.75, 3.05) is 0 Å². The van der Waals surface area contributed by atoms with Crippen molar-refractivity contribution < 1.29 is 8.78 Å². The molecular formula is C19H28F2N2. The van der Waals surface area contributed by atoms with Crippen LogP contribution in [0.2, 0.25) is 0 Å². The Kier molecular flexibility index (Phi) is 7.93. The highest BCUT2D eigenvalue weighted by Crippen LogP contribution is 2.35. The monoisotopic (exact) mass is 322 g/mol. The fraction of sp³-hybridized carbons (Fsp3) is 0.526. The molecule has 4 heteroatoms. The van der Waals surface area contributed by atoms with Gasteiger partial charge < -0.3 is 5.73 Å². The number of nitrogens with two attached hydrogens (primary N) is 1. The molecule has 128 valence electrons. The van der Waals surface area contributed by atoms with Crippen molar-refractivity contribution in [1.29, 1.82) is 0 Å². The summed E-state index contributed by atoms with van der Waals surface area (Å²) in [6.45, 7) is 7.85. The Bertz CT molecular complexity index is 542. The third kappa shape index (κ3) is 5.15. The van der Waals surface area contributed by atoms with Crippen LogP contribution in [0.15, 0.2) is 52.6 Å². The second-order valence-corrected chi connectivity index (χ2v) is 5.89. The fourth-order valence-electron chi connectivity index (χ4n) is 2.46. The Hall–Kier alpha value is -1.71. The largest absolute Gasteiger partial charge is 0.397 e. The first-order chi connectivity index (χ1) is 11.0. The van der Waals surface area contributed by atoms with E-state index in [9.17, 15) is 8.78 Å². The number of nitrogens with zero attached hydrogens (tertiary/aromatic N) is 1. The predicted octanol–water partition coefficient (Wildman–Crippen LogP) is 5.40. The van der Waals surface area contributed by atoms with Crippen LogP contribution in [-0.4, -0.2) is 11.9 Å². The van der Waals surface area contributed by atoms with E-state index < -0.39 is 17.9 Å². The van der Waals surface area contributed by atoms with Crippen LogP contribution in [0.3, 0.4) is 0 Å². The van der Waals surface area contributed by atoms with Crippen LogP contribution in [0, 0.1) is 11.8 Å². The number of hydrogen-bond acceptors (Lipinski definition) is 2. The van der Waals surface area contributed by atoms with Gasteiger partial charge in [-0.15, -0.1) is 0 Å². The molecule has 23 heavy (non-hydrogen) atoms. The van der Waals surface area contributed by atoms with Gasteiger partial charge in [0.25, 0.3) is 0 Å². The van der Waals surface area contributed by atoms with Gasteiger partial charge in [-0.2, -0.15) is 0 Å². The maximum Gasteiger partial charge on any atom is 0.158 e. The summed E-state index contributed by atoms with van der Waals surface area (Å²) in [6.07, 6.45) is 9.38. The first-order valence-corrected chi connectivity index (χ1v) is 8.30. The van der Waals surface area contributed by atoms with Gasteiger partial charge in [0.15, 0.2) is 6.17 Å². The second-order valence-electron chi connectivity index (χ2n) is 5.89. The maximum absolute atomic E-state index is 14.3. The average Bonchev–Trinajstić information content (AvgIpc) is 2.56. The zero-order chi connectivity index (χ0) is 17.4. The van der Waals surface area contributed by atoms with Gasteiger partial charge in [0, 0.05) is 23.6 Å². The van der Waals surface area contributed by atoms with Gasteiger partial charge in [-0.05, 0) is 19.3 Å². The molecule has 0 bridgehead atoms. The first-order valence-electron chi connectivity index (χ1n) is 8.30. The molecule has 3 unspecified atom stereocenters. The number of allylic oxidation sites excluding steroid dienone is 5. The van der Waals surface area contributed by atoms with E-state index in [-0.39, 0.29) is 17.2 Å². The molecule has 0 spiro atoms. The van der Waals surface area contributed by atoms with E-state index in [0.717, 1.165) is 25.0 Å². The van der Waals surface area contributed by atoms with E-state index in [1.807, 2.05) is 39.8 Å². The molecule has 0 saturated carbocycles. The van der Waals surface area contributed by atoms with Crippen molar-refractivity contribution >= 4 is 5.71 Å². The summed E-state index contributed by atoms with van der Waals surface area (Å²) in [5.41, 5.74) is 7.13. The molecule has 0 amide bonds. The summed E-state index contributed by atoms with van der Waals surface area (Å²) >= 11 is 0. The molecular weight excluding hydrogens is 294 g/mol. The standard InChI is InChI=1S/C19H28F2N2/c1-5-8-9-14(7-3)23-12-17(22)16-11-10-15(13(4)6-2)18(20)19(16)21/h5,8,10-13,15,18H,6-7,9,22H2,1-4H3/b8-5-,17-12-,23-14?. The van der Waals surface area contributed by atoms with Crippen molar-refractivity contribution in [3.63, 3.8) is 0 Å². The van der Waals surface area contributed by atoms with Crippen molar-refractivity contribution in [2.24, 2.45) is 22.6 Å². The molecule has 1 aliphatic rings. The Labute approximate surface area is 138 Å². The summed E-state index contributed by atoms with van der Waals surface area (Å²) in [5.74, 6) is -1.13. The molecule has 2 nitrogen and oxygen atoms in total. The van der Waals surface area contributed by atoms with Gasteiger partial charge in [0.1, 0.15) is 5.83 Å². The van der Waals surface area contributed by atoms with E-state index in [1.165, 1.54) is 6.20 Å². The third-order valence-electron chi connectivity index (χ3n) is 4.32. The quantitative estimate of drug-likeness (QED) is 0.495. The molecule has 0 aliphatic heterocycles. The van der Waals surface area contributed by atoms with Gasteiger partial charge in [-0.25, -0.2) is 8.78 Å². The molecule has 1 rings (SSSR count). The average molecular weight is 322 g/mol. The molecule has 0 aromatic carbocycles. The van der Waals surface area contributed by atoms with Crippen molar-refractivity contribution in [3.05, 3.63) is 47.6 Å². The Morgan fingerprint density at radius 3 is 2.70 bits per heavy atom. The van der Waals surface area contributed by atoms with Gasteiger partial charge in [-0.3, -0.25) is 4.99 Å². The van der Waals surface area contributed by atoms with Crippen molar-refractivity contribution in [3.8, 4) is 0 Å². The van der Waals surface area contributed by atoms with Gasteiger partial charge in [0.05, 0.1) is 11.9 Å². The number of halogens is 2. The van der Waals surface area contributed by atoms with Gasteiger partial charge in [-0.1, -0.05) is 51.5 Å². The van der Waals surface area contributed by atoms with E-state index in [0.29, 0.717) is 0 Å². The lowest BCUT2D eigenvalue weighted by Gasteiger charge is -2.26. The Morgan fingerprint density at radius 2 is 2.13 bits per heavy atom. The van der Waals surface area contributed by atoms with E-state index >= 15 is 0 Å². The highest BCUT2D eigenvalue weighted by Gasteiger charge is 2.32. The summed E-state index contributed by atoms with van der Waals surface area (Å²) in [5, 5.41) is 0. The lowest BCUT2D eigenvalue weighted by molar-refractivity contribution is 0.207. The van der Waals surface area contributed by atoms with E-state index in [2.05, 4.69) is 4.99 Å². The molecule has 0 heterocycles. The molecule has 0 aromatic heterocycles. The number of hydrogen-bond donors (Lipinski definition) is 1. The van der Waals surface area contributed by atoms with E-state index in [4.69, 9.17) is 5.73 Å². The molecule has 0 radical (unpaired) electrons. The minimum atomic E-state index is -1.63. The zero-order valence-corrected chi connectivity index (χ0v) is 14.5. The Morgan fingerprint density at radius 1 is 1.43 bits per heavy atom. The maximum atomic E-state index is 14.3. The lowest BCUT2D eigenvalue weighted by atomic mass is 9.82. The number of alkyl halides is 1. The molecule has 1 aliphatic carbocycles. The summed E-state index contributed by atoms with van der Waals surface area (Å²) in [4.78, 5) is 4.31. The first kappa shape index (κ1) is 19.3. The minimum absolute atomic E-state index is 0.0873. The SMILES string of the molecule is C/C=C\CC(CC)=N/C=C(\N)C1=C(F)C(F)C(C(C)CC)C=C1. The van der Waals surface area contributed by atoms with Gasteiger partial charge >= 0.3 is 0 Å². The van der Waals surface area contributed by atoms with Gasteiger partial charge in [0.2, 0.25) is 0 Å². The van der Waals surface area contributed by atoms with E-state index in [1.54, 1.807) is 12.2 Å². The van der Waals surface area contributed by atoms with Crippen LogP contribution < -0.4 is 5.73 Å². The van der Waals surface area contributed by atoms with Crippen molar-refractivity contribution in [2.45, 2.75) is 53.1 Å². The van der Waals surface area contributed by atoms with Crippen LogP contribution in [0.4, 0.5) is 8.78 Å². The lowest BCUT2D eigenvalue weighted by Crippen LogP contribution is -2.25.